The number of hydrogen-bond donors (Lipinski definition) is 1. The van der Waals surface area contributed by atoms with Gasteiger partial charge in [0.2, 0.25) is 0 Å². The first kappa shape index (κ1) is 32.4. The summed E-state index contributed by atoms with van der Waals surface area (Å²) >= 11 is 0. The van der Waals surface area contributed by atoms with Crippen LogP contribution in [0.3, 0.4) is 0 Å². The van der Waals surface area contributed by atoms with Crippen molar-refractivity contribution in [1.29, 1.82) is 0 Å². The number of nitrogens with zero attached hydrogens (tertiary/aromatic N) is 2. The van der Waals surface area contributed by atoms with Crippen LogP contribution < -0.4 is 0 Å². The molecular weight excluding hydrogens is 780 g/mol. The summed E-state index contributed by atoms with van der Waals surface area (Å²) < 4.78 is 0. The monoisotopic (exact) mass is 814 g/mol. The Kier molecular flexibility index (Phi) is 8.43. The molecule has 8 rings (SSSR count). The quantitative estimate of drug-likeness (QED) is 0.176. The van der Waals surface area contributed by atoms with E-state index >= 15 is 0 Å². The molecule has 7 aromatic rings. The summed E-state index contributed by atoms with van der Waals surface area (Å²) in [6.45, 7) is 8.59. The number of aromatic nitrogens is 2. The van der Waals surface area contributed by atoms with Crippen molar-refractivity contribution in [3.8, 4) is 72.9 Å². The Morgan fingerprint density at radius 1 is 0.510 bits per heavy atom. The van der Waals surface area contributed by atoms with Crippen LogP contribution in [0.25, 0.3) is 67.2 Å². The number of aryl methyl sites for hydroxylation is 2. The Morgan fingerprint density at radius 2 is 1.12 bits per heavy atom. The Hall–Kier alpha value is -5.11. The number of fused-ring (bicyclic) bond motifs is 3. The molecule has 0 radical (unpaired) electrons. The molecule has 0 bridgehead atoms. The molecular formula is C45H35N2OPt-. The molecule has 242 valence electrons. The average Bonchev–Trinajstić information content (AvgIpc) is 3.35. The van der Waals surface area contributed by atoms with Gasteiger partial charge in [-0.25, -0.2) is 0 Å². The maximum atomic E-state index is 11.0. The van der Waals surface area contributed by atoms with Gasteiger partial charge >= 0.3 is 0 Å². The molecule has 0 spiro atoms. The second kappa shape index (κ2) is 12.7. The van der Waals surface area contributed by atoms with Crippen molar-refractivity contribution in [3.63, 3.8) is 0 Å². The average molecular weight is 815 g/mol. The van der Waals surface area contributed by atoms with Crippen LogP contribution in [0.4, 0.5) is 0 Å². The van der Waals surface area contributed by atoms with Gasteiger partial charge in [0.25, 0.3) is 0 Å². The van der Waals surface area contributed by atoms with E-state index in [2.05, 4.69) is 106 Å². The van der Waals surface area contributed by atoms with Crippen molar-refractivity contribution in [1.82, 2.24) is 9.97 Å². The molecule has 1 N–H and O–H groups in total. The number of pyridine rings is 2. The van der Waals surface area contributed by atoms with E-state index in [0.717, 1.165) is 50.5 Å². The maximum Gasteiger partial charge on any atom is 0.127 e. The van der Waals surface area contributed by atoms with E-state index in [0.29, 0.717) is 11.3 Å². The van der Waals surface area contributed by atoms with Crippen molar-refractivity contribution in [3.05, 3.63) is 162 Å². The van der Waals surface area contributed by atoms with Crippen LogP contribution in [0, 0.1) is 19.9 Å². The van der Waals surface area contributed by atoms with E-state index in [1.165, 1.54) is 27.8 Å². The summed E-state index contributed by atoms with van der Waals surface area (Å²) in [4.78, 5) is 10.0. The smallest absolute Gasteiger partial charge is 0.127 e. The largest absolute Gasteiger partial charge is 0.507 e. The second-order valence-electron chi connectivity index (χ2n) is 13.3. The van der Waals surface area contributed by atoms with Gasteiger partial charge in [0, 0.05) is 49.1 Å². The van der Waals surface area contributed by atoms with Crippen molar-refractivity contribution in [2.75, 3.05) is 0 Å². The third-order valence-electron chi connectivity index (χ3n) is 9.66. The topological polar surface area (TPSA) is 46.0 Å². The standard InChI is InChI=1S/C45H35N2O.Pt/c1-28-12-10-18-38(44(28)48)43-27-35(30-13-6-5-7-14-30)26-42(47-43)33-16-11-15-32(23-33)41-25-34(22-29(2)46-41)31-20-21-37-36-17-8-9-19-39(36)45(3,4)40(37)24-31;/h5-22,24-27,48H,1-4H3;/q-1;. The Labute approximate surface area is 302 Å². The van der Waals surface area contributed by atoms with Gasteiger partial charge in [-0.1, -0.05) is 116 Å². The summed E-state index contributed by atoms with van der Waals surface area (Å²) in [6, 6.07) is 49.9. The molecule has 0 saturated carbocycles. The number of phenols is 1. The Balaban J connectivity index is 0.00000378. The predicted molar refractivity (Wildman–Crippen MR) is 197 cm³/mol. The normalized spacial score (nSPS) is 12.6. The van der Waals surface area contributed by atoms with Crippen LogP contribution >= 0.6 is 0 Å². The molecule has 49 heavy (non-hydrogen) atoms. The number of rotatable bonds is 5. The van der Waals surface area contributed by atoms with E-state index in [9.17, 15) is 5.11 Å². The predicted octanol–water partition coefficient (Wildman–Crippen LogP) is 11.2. The van der Waals surface area contributed by atoms with Crippen molar-refractivity contribution in [2.45, 2.75) is 33.1 Å². The van der Waals surface area contributed by atoms with Gasteiger partial charge in [-0.2, -0.15) is 0 Å². The fraction of sp³-hybridized carbons (Fsp3) is 0.111. The van der Waals surface area contributed by atoms with Crippen LogP contribution in [0.5, 0.6) is 5.75 Å². The second-order valence-corrected chi connectivity index (χ2v) is 13.3. The molecule has 0 fully saturated rings. The third-order valence-corrected chi connectivity index (χ3v) is 9.66. The molecule has 2 heterocycles. The summed E-state index contributed by atoms with van der Waals surface area (Å²) in [6.07, 6.45) is 0. The summed E-state index contributed by atoms with van der Waals surface area (Å²) in [5.41, 5.74) is 16.3. The molecule has 1 aliphatic rings. The van der Waals surface area contributed by atoms with Gasteiger partial charge in [-0.3, -0.25) is 9.97 Å². The van der Waals surface area contributed by atoms with Crippen LogP contribution in [-0.2, 0) is 26.5 Å². The maximum absolute atomic E-state index is 11.0. The summed E-state index contributed by atoms with van der Waals surface area (Å²) in [7, 11) is 0. The van der Waals surface area contributed by atoms with Crippen molar-refractivity contribution >= 4 is 0 Å². The summed E-state index contributed by atoms with van der Waals surface area (Å²) in [5, 5.41) is 11.0. The fourth-order valence-corrected chi connectivity index (χ4v) is 7.09. The zero-order valence-electron chi connectivity index (χ0n) is 27.9. The van der Waals surface area contributed by atoms with Crippen LogP contribution in [-0.4, -0.2) is 15.1 Å². The van der Waals surface area contributed by atoms with Gasteiger partial charge in [-0.15, -0.1) is 24.3 Å². The van der Waals surface area contributed by atoms with Gasteiger partial charge in [0.05, 0.1) is 5.69 Å². The number of benzene rings is 5. The first-order valence-corrected chi connectivity index (χ1v) is 16.4. The van der Waals surface area contributed by atoms with Gasteiger partial charge in [-0.05, 0) is 88.2 Å². The molecule has 5 aromatic carbocycles. The first-order chi connectivity index (χ1) is 23.3. The van der Waals surface area contributed by atoms with E-state index in [-0.39, 0.29) is 32.2 Å². The molecule has 2 aromatic heterocycles. The van der Waals surface area contributed by atoms with Crippen LogP contribution in [0.2, 0.25) is 0 Å². The minimum Gasteiger partial charge on any atom is -0.507 e. The van der Waals surface area contributed by atoms with E-state index in [4.69, 9.17) is 9.97 Å². The molecule has 0 saturated heterocycles. The minimum atomic E-state index is -0.0652. The Bertz CT molecular complexity index is 2360. The summed E-state index contributed by atoms with van der Waals surface area (Å²) in [5.74, 6) is 0.245. The van der Waals surface area contributed by atoms with Gasteiger partial charge in [0.15, 0.2) is 0 Å². The number of hydrogen-bond acceptors (Lipinski definition) is 3. The van der Waals surface area contributed by atoms with Crippen molar-refractivity contribution in [2.24, 2.45) is 0 Å². The molecule has 3 nitrogen and oxygen atoms in total. The molecule has 1 aliphatic carbocycles. The number of aromatic hydroxyl groups is 1. The third kappa shape index (κ3) is 5.83. The number of para-hydroxylation sites is 1. The molecule has 0 unspecified atom stereocenters. The SMILES string of the molecule is Cc1cc(-c2ccc3c(c2)C(C)(C)c2ccccc2-3)cc(-c2[c-]c(-c3cc(-c4ccccc4)cc(-c4cccc(C)c4O)n3)ccc2)n1.[Pt]. The number of phenolic OH excluding ortho intramolecular Hbond substituents is 1. The van der Waals surface area contributed by atoms with Crippen molar-refractivity contribution < 1.29 is 26.2 Å². The van der Waals surface area contributed by atoms with Crippen LogP contribution in [0.15, 0.2) is 133 Å². The van der Waals surface area contributed by atoms with E-state index < -0.39 is 0 Å². The Morgan fingerprint density at radius 3 is 1.90 bits per heavy atom. The van der Waals surface area contributed by atoms with E-state index in [1.807, 2.05) is 61.5 Å². The zero-order chi connectivity index (χ0) is 33.0. The molecule has 0 atom stereocenters. The zero-order valence-corrected chi connectivity index (χ0v) is 30.1. The first-order valence-electron chi connectivity index (χ1n) is 16.4. The van der Waals surface area contributed by atoms with Crippen LogP contribution in [0.1, 0.15) is 36.2 Å². The van der Waals surface area contributed by atoms with Gasteiger partial charge < -0.3 is 5.11 Å². The molecule has 4 heteroatoms. The molecule has 0 aliphatic heterocycles. The minimum absolute atomic E-state index is 0. The van der Waals surface area contributed by atoms with E-state index in [1.54, 1.807) is 0 Å². The molecule has 0 amide bonds. The fourth-order valence-electron chi connectivity index (χ4n) is 7.09. The van der Waals surface area contributed by atoms with Gasteiger partial charge in [0.1, 0.15) is 5.75 Å².